The van der Waals surface area contributed by atoms with Crippen LogP contribution in [0.2, 0.25) is 5.02 Å². The summed E-state index contributed by atoms with van der Waals surface area (Å²) in [6.45, 7) is 0. The molecule has 1 aromatic carbocycles. The van der Waals surface area contributed by atoms with Crippen molar-refractivity contribution in [2.45, 2.75) is 0 Å². The molecular formula is C13H7ClF2N2. The summed E-state index contributed by atoms with van der Waals surface area (Å²) in [7, 11) is 0. The van der Waals surface area contributed by atoms with E-state index in [1.807, 2.05) is 0 Å². The number of fused-ring (bicyclic) bond motifs is 1. The van der Waals surface area contributed by atoms with Crippen molar-refractivity contribution in [2.24, 2.45) is 0 Å². The fourth-order valence-corrected chi connectivity index (χ4v) is 1.95. The molecule has 5 heteroatoms. The first-order valence-corrected chi connectivity index (χ1v) is 5.61. The lowest BCUT2D eigenvalue weighted by atomic mass is 10.1. The summed E-state index contributed by atoms with van der Waals surface area (Å²) in [5.74, 6) is -0.825. The van der Waals surface area contributed by atoms with Crippen molar-refractivity contribution in [1.82, 2.24) is 9.38 Å². The molecule has 0 saturated carbocycles. The Hall–Kier alpha value is -1.94. The van der Waals surface area contributed by atoms with E-state index in [1.165, 1.54) is 28.8 Å². The molecule has 18 heavy (non-hydrogen) atoms. The zero-order valence-corrected chi connectivity index (χ0v) is 9.83. The van der Waals surface area contributed by atoms with E-state index in [2.05, 4.69) is 4.98 Å². The molecule has 0 N–H and O–H groups in total. The second-order valence-electron chi connectivity index (χ2n) is 3.86. The largest absolute Gasteiger partial charge is 0.304 e. The van der Waals surface area contributed by atoms with E-state index in [-0.39, 0.29) is 5.82 Å². The topological polar surface area (TPSA) is 17.3 Å². The highest BCUT2D eigenvalue weighted by molar-refractivity contribution is 6.30. The molecule has 3 rings (SSSR count). The van der Waals surface area contributed by atoms with Crippen LogP contribution < -0.4 is 0 Å². The standard InChI is InChI=1S/C13H7ClF2N2/c14-8-1-3-10(11(16)5-8)12-7-18-6-9(15)2-4-13(18)17-12/h1-7H. The fraction of sp³-hybridized carbons (Fsp3) is 0. The predicted octanol–water partition coefficient (Wildman–Crippen LogP) is 3.93. The Morgan fingerprint density at radius 1 is 1.06 bits per heavy atom. The van der Waals surface area contributed by atoms with E-state index in [0.717, 1.165) is 0 Å². The molecule has 0 unspecified atom stereocenters. The first-order chi connectivity index (χ1) is 8.63. The van der Waals surface area contributed by atoms with Gasteiger partial charge in [0.05, 0.1) is 5.69 Å². The van der Waals surface area contributed by atoms with Gasteiger partial charge in [-0.3, -0.25) is 0 Å². The number of halogens is 3. The molecule has 90 valence electrons. The van der Waals surface area contributed by atoms with Crippen molar-refractivity contribution < 1.29 is 8.78 Å². The average molecular weight is 265 g/mol. The molecule has 2 heterocycles. The number of hydrogen-bond donors (Lipinski definition) is 0. The molecule has 2 aromatic heterocycles. The van der Waals surface area contributed by atoms with Crippen molar-refractivity contribution in [3.05, 3.63) is 59.4 Å². The lowest BCUT2D eigenvalue weighted by Crippen LogP contribution is -1.83. The first-order valence-electron chi connectivity index (χ1n) is 5.23. The summed E-state index contributed by atoms with van der Waals surface area (Å²) < 4.78 is 28.3. The molecule has 0 radical (unpaired) electrons. The maximum Gasteiger partial charge on any atom is 0.139 e. The zero-order valence-electron chi connectivity index (χ0n) is 9.07. The van der Waals surface area contributed by atoms with Crippen molar-refractivity contribution in [3.8, 4) is 11.3 Å². The highest BCUT2D eigenvalue weighted by Crippen LogP contribution is 2.25. The molecule has 0 aliphatic rings. The second-order valence-corrected chi connectivity index (χ2v) is 4.30. The Morgan fingerprint density at radius 3 is 2.67 bits per heavy atom. The molecule has 2 nitrogen and oxygen atoms in total. The Balaban J connectivity index is 2.19. The average Bonchev–Trinajstić information content (AvgIpc) is 2.71. The van der Waals surface area contributed by atoms with Crippen LogP contribution in [0.25, 0.3) is 16.9 Å². The highest BCUT2D eigenvalue weighted by Gasteiger charge is 2.10. The van der Waals surface area contributed by atoms with Gasteiger partial charge in [0.2, 0.25) is 0 Å². The summed E-state index contributed by atoms with van der Waals surface area (Å²) in [4.78, 5) is 4.23. The van der Waals surface area contributed by atoms with Gasteiger partial charge in [0.1, 0.15) is 17.3 Å². The van der Waals surface area contributed by atoms with Crippen LogP contribution in [0.1, 0.15) is 0 Å². The molecule has 0 atom stereocenters. The van der Waals surface area contributed by atoms with Gasteiger partial charge in [-0.15, -0.1) is 0 Å². The van der Waals surface area contributed by atoms with Crippen LogP contribution in [0.4, 0.5) is 8.78 Å². The molecule has 0 fully saturated rings. The van der Waals surface area contributed by atoms with Crippen molar-refractivity contribution in [1.29, 1.82) is 0 Å². The minimum absolute atomic E-state index is 0.325. The van der Waals surface area contributed by atoms with E-state index >= 15 is 0 Å². The van der Waals surface area contributed by atoms with Gasteiger partial charge in [0.25, 0.3) is 0 Å². The third-order valence-electron chi connectivity index (χ3n) is 2.62. The molecule has 0 spiro atoms. The number of nitrogens with zero attached hydrogens (tertiary/aromatic N) is 2. The lowest BCUT2D eigenvalue weighted by molar-refractivity contribution is 0.619. The zero-order chi connectivity index (χ0) is 12.7. The van der Waals surface area contributed by atoms with Gasteiger partial charge in [0, 0.05) is 23.0 Å². The number of pyridine rings is 1. The van der Waals surface area contributed by atoms with E-state index in [1.54, 1.807) is 18.3 Å². The molecular weight excluding hydrogens is 258 g/mol. The van der Waals surface area contributed by atoms with Crippen molar-refractivity contribution in [3.63, 3.8) is 0 Å². The Kier molecular flexibility index (Phi) is 2.52. The highest BCUT2D eigenvalue weighted by atomic mass is 35.5. The summed E-state index contributed by atoms with van der Waals surface area (Å²) >= 11 is 5.69. The number of rotatable bonds is 1. The predicted molar refractivity (Wildman–Crippen MR) is 65.6 cm³/mol. The lowest BCUT2D eigenvalue weighted by Gasteiger charge is -1.98. The Bertz CT molecular complexity index is 737. The summed E-state index contributed by atoms with van der Waals surface area (Å²) in [6, 6.07) is 7.21. The smallest absolute Gasteiger partial charge is 0.139 e. The van der Waals surface area contributed by atoms with Gasteiger partial charge in [0.15, 0.2) is 0 Å². The van der Waals surface area contributed by atoms with Crippen LogP contribution in [0.5, 0.6) is 0 Å². The summed E-state index contributed by atoms with van der Waals surface area (Å²) in [5.41, 5.74) is 1.33. The van der Waals surface area contributed by atoms with E-state index in [0.29, 0.717) is 21.9 Å². The number of hydrogen-bond acceptors (Lipinski definition) is 1. The maximum atomic E-state index is 13.7. The quantitative estimate of drug-likeness (QED) is 0.651. The van der Waals surface area contributed by atoms with Gasteiger partial charge in [-0.25, -0.2) is 13.8 Å². The van der Waals surface area contributed by atoms with Gasteiger partial charge in [-0.1, -0.05) is 11.6 Å². The number of aromatic nitrogens is 2. The van der Waals surface area contributed by atoms with Gasteiger partial charge >= 0.3 is 0 Å². The van der Waals surface area contributed by atoms with E-state index in [4.69, 9.17) is 11.6 Å². The normalized spacial score (nSPS) is 11.1. The van der Waals surface area contributed by atoms with Crippen LogP contribution in [-0.4, -0.2) is 9.38 Å². The third kappa shape index (κ3) is 1.84. The van der Waals surface area contributed by atoms with Crippen LogP contribution in [0.15, 0.2) is 42.7 Å². The maximum absolute atomic E-state index is 13.7. The molecule has 3 aromatic rings. The molecule has 0 bridgehead atoms. The first kappa shape index (κ1) is 11.2. The number of imidazole rings is 1. The summed E-state index contributed by atoms with van der Waals surface area (Å²) in [6.07, 6.45) is 2.87. The SMILES string of the molecule is Fc1ccc2nc(-c3ccc(Cl)cc3F)cn2c1. The van der Waals surface area contributed by atoms with Crippen LogP contribution in [0.3, 0.4) is 0 Å². The molecule has 0 amide bonds. The van der Waals surface area contributed by atoms with Crippen LogP contribution >= 0.6 is 11.6 Å². The van der Waals surface area contributed by atoms with Crippen molar-refractivity contribution >= 4 is 17.2 Å². The van der Waals surface area contributed by atoms with Gasteiger partial charge in [-0.2, -0.15) is 0 Å². The van der Waals surface area contributed by atoms with Gasteiger partial charge in [-0.05, 0) is 30.3 Å². The molecule has 0 saturated heterocycles. The monoisotopic (exact) mass is 264 g/mol. The number of benzene rings is 1. The molecule has 0 aliphatic heterocycles. The van der Waals surface area contributed by atoms with Gasteiger partial charge < -0.3 is 4.40 Å². The van der Waals surface area contributed by atoms with Crippen LogP contribution in [-0.2, 0) is 0 Å². The van der Waals surface area contributed by atoms with E-state index in [9.17, 15) is 8.78 Å². The second kappa shape index (κ2) is 4.07. The fourth-order valence-electron chi connectivity index (χ4n) is 1.79. The van der Waals surface area contributed by atoms with Crippen LogP contribution in [0, 0.1) is 11.6 Å². The van der Waals surface area contributed by atoms with Crippen molar-refractivity contribution in [2.75, 3.05) is 0 Å². The summed E-state index contributed by atoms with van der Waals surface area (Å²) in [5, 5.41) is 0.325. The molecule has 0 aliphatic carbocycles. The minimum Gasteiger partial charge on any atom is -0.304 e. The Labute approximate surface area is 106 Å². The van der Waals surface area contributed by atoms with E-state index < -0.39 is 5.82 Å². The Morgan fingerprint density at radius 2 is 1.89 bits per heavy atom. The third-order valence-corrected chi connectivity index (χ3v) is 2.86. The minimum atomic E-state index is -0.452.